The molecule has 29 heavy (non-hydrogen) atoms. The number of fused-ring (bicyclic) bond motifs is 2. The monoisotopic (exact) mass is 400 g/mol. The molecule has 9 heteroatoms. The fraction of sp³-hybridized carbons (Fsp3) is 0.350. The lowest BCUT2D eigenvalue weighted by Gasteiger charge is -2.38. The van der Waals surface area contributed by atoms with Crippen LogP contribution < -0.4 is 4.74 Å². The van der Waals surface area contributed by atoms with Crippen LogP contribution in [0.3, 0.4) is 0 Å². The number of aliphatic hydroxyl groups excluding tert-OH is 3. The first-order chi connectivity index (χ1) is 13.9. The number of para-hydroxylation sites is 2. The lowest BCUT2D eigenvalue weighted by molar-refractivity contribution is -0.267. The zero-order valence-corrected chi connectivity index (χ0v) is 15.7. The second-order valence-corrected chi connectivity index (χ2v) is 6.81. The molecule has 3 N–H and O–H groups in total. The van der Waals surface area contributed by atoms with Crippen molar-refractivity contribution in [2.45, 2.75) is 37.6 Å². The molecule has 152 valence electrons. The van der Waals surface area contributed by atoms with Crippen LogP contribution in [0.15, 0.2) is 36.4 Å². The molecule has 0 saturated carbocycles. The summed E-state index contributed by atoms with van der Waals surface area (Å²) in [5.41, 5.74) is 2.01. The quantitative estimate of drug-likeness (QED) is 0.431. The maximum atomic E-state index is 12.0. The van der Waals surface area contributed by atoms with Gasteiger partial charge in [-0.1, -0.05) is 12.1 Å². The van der Waals surface area contributed by atoms with Crippen molar-refractivity contribution in [3.8, 4) is 5.75 Å². The van der Waals surface area contributed by atoms with Gasteiger partial charge in [-0.15, -0.1) is 0 Å². The summed E-state index contributed by atoms with van der Waals surface area (Å²) in [5.74, 6) is -0.239. The number of methoxy groups -OCH3 is 1. The minimum absolute atomic E-state index is 0.278. The molecule has 0 unspecified atom stereocenters. The first-order valence-electron chi connectivity index (χ1n) is 9.05. The van der Waals surface area contributed by atoms with Gasteiger partial charge >= 0.3 is 5.97 Å². The van der Waals surface area contributed by atoms with E-state index in [1.807, 2.05) is 0 Å². The van der Waals surface area contributed by atoms with E-state index in [1.165, 1.54) is 7.11 Å². The number of rotatable bonds is 3. The van der Waals surface area contributed by atoms with Crippen molar-refractivity contribution in [3.05, 3.63) is 42.0 Å². The number of aliphatic hydroxyl groups is 3. The SMILES string of the molecule is COC(=O)c1cccc2nc3c(O[C@H]4O[C@H](C)[C@@H](O)[C@H](O)[C@@H]4O)cccc3nc12. The van der Waals surface area contributed by atoms with Gasteiger partial charge in [0.05, 0.1) is 29.8 Å². The van der Waals surface area contributed by atoms with Crippen LogP contribution in [0.5, 0.6) is 5.75 Å². The predicted molar refractivity (Wildman–Crippen MR) is 101 cm³/mol. The van der Waals surface area contributed by atoms with Gasteiger partial charge < -0.3 is 29.5 Å². The molecule has 1 aliphatic rings. The number of aromatic nitrogens is 2. The van der Waals surface area contributed by atoms with Crippen LogP contribution in [-0.2, 0) is 9.47 Å². The number of carbonyl (C=O) groups is 1. The van der Waals surface area contributed by atoms with Gasteiger partial charge in [-0.05, 0) is 31.2 Å². The highest BCUT2D eigenvalue weighted by Gasteiger charge is 2.43. The summed E-state index contributed by atoms with van der Waals surface area (Å²) in [7, 11) is 1.30. The van der Waals surface area contributed by atoms with Gasteiger partial charge in [0, 0.05) is 0 Å². The van der Waals surface area contributed by atoms with Gasteiger partial charge in [0.25, 0.3) is 0 Å². The summed E-state index contributed by atoms with van der Waals surface area (Å²) in [6.45, 7) is 1.57. The molecular weight excluding hydrogens is 380 g/mol. The Morgan fingerprint density at radius 2 is 1.62 bits per heavy atom. The molecular formula is C20H20N2O7. The molecule has 4 rings (SSSR count). The molecule has 0 radical (unpaired) electrons. The van der Waals surface area contributed by atoms with Crippen LogP contribution >= 0.6 is 0 Å². The number of hydrogen-bond donors (Lipinski definition) is 3. The van der Waals surface area contributed by atoms with Gasteiger partial charge in [0.15, 0.2) is 5.75 Å². The van der Waals surface area contributed by atoms with Gasteiger partial charge in [0.2, 0.25) is 6.29 Å². The third kappa shape index (κ3) is 3.38. The first-order valence-corrected chi connectivity index (χ1v) is 9.05. The lowest BCUT2D eigenvalue weighted by Crippen LogP contribution is -2.58. The third-order valence-electron chi connectivity index (χ3n) is 4.91. The maximum absolute atomic E-state index is 12.0. The van der Waals surface area contributed by atoms with Crippen molar-refractivity contribution in [3.63, 3.8) is 0 Å². The van der Waals surface area contributed by atoms with Crippen LogP contribution in [0, 0.1) is 0 Å². The van der Waals surface area contributed by atoms with Crippen LogP contribution in [0.25, 0.3) is 22.1 Å². The molecule has 5 atom stereocenters. The number of ether oxygens (including phenoxy) is 3. The van der Waals surface area contributed by atoms with E-state index < -0.39 is 36.7 Å². The van der Waals surface area contributed by atoms with Crippen molar-refractivity contribution in [2.24, 2.45) is 0 Å². The highest BCUT2D eigenvalue weighted by molar-refractivity contribution is 6.03. The Kier molecular flexibility index (Phi) is 5.05. The Balaban J connectivity index is 1.76. The molecule has 0 bridgehead atoms. The number of nitrogens with zero attached hydrogens (tertiary/aromatic N) is 2. The summed E-state index contributed by atoms with van der Waals surface area (Å²) in [6, 6.07) is 10.0. The Morgan fingerprint density at radius 1 is 0.966 bits per heavy atom. The minimum Gasteiger partial charge on any atom is -0.465 e. The first kappa shape index (κ1) is 19.5. The number of carbonyl (C=O) groups excluding carboxylic acids is 1. The summed E-state index contributed by atoms with van der Waals surface area (Å²) < 4.78 is 16.1. The normalized spacial score (nSPS) is 27.1. The predicted octanol–water partition coefficient (Wildman–Crippen LogP) is 0.776. The number of benzene rings is 2. The maximum Gasteiger partial charge on any atom is 0.340 e. The molecule has 9 nitrogen and oxygen atoms in total. The largest absolute Gasteiger partial charge is 0.465 e. The molecule has 0 amide bonds. The van der Waals surface area contributed by atoms with Gasteiger partial charge in [-0.2, -0.15) is 0 Å². The molecule has 1 aliphatic heterocycles. The number of hydrogen-bond acceptors (Lipinski definition) is 9. The molecule has 1 fully saturated rings. The fourth-order valence-electron chi connectivity index (χ4n) is 3.30. The Hall–Kier alpha value is -2.85. The number of esters is 1. The fourth-order valence-corrected chi connectivity index (χ4v) is 3.30. The van der Waals surface area contributed by atoms with Crippen molar-refractivity contribution < 1.29 is 34.3 Å². The Bertz CT molecular complexity index is 1070. The third-order valence-corrected chi connectivity index (χ3v) is 4.91. The van der Waals surface area contributed by atoms with Crippen molar-refractivity contribution in [2.75, 3.05) is 7.11 Å². The molecule has 2 heterocycles. The summed E-state index contributed by atoms with van der Waals surface area (Å²) in [4.78, 5) is 21.1. The minimum atomic E-state index is -1.45. The topological polar surface area (TPSA) is 131 Å². The van der Waals surface area contributed by atoms with Crippen LogP contribution in [-0.4, -0.2) is 69.1 Å². The van der Waals surface area contributed by atoms with Gasteiger partial charge in [0.1, 0.15) is 29.3 Å². The summed E-state index contributed by atoms with van der Waals surface area (Å²) in [5, 5.41) is 30.0. The molecule has 2 aromatic carbocycles. The van der Waals surface area contributed by atoms with E-state index in [0.717, 1.165) is 0 Å². The van der Waals surface area contributed by atoms with Crippen molar-refractivity contribution in [1.29, 1.82) is 0 Å². The molecule has 0 aliphatic carbocycles. The van der Waals surface area contributed by atoms with E-state index in [0.29, 0.717) is 27.6 Å². The highest BCUT2D eigenvalue weighted by atomic mass is 16.7. The zero-order chi connectivity index (χ0) is 20.7. The van der Waals surface area contributed by atoms with Crippen molar-refractivity contribution in [1.82, 2.24) is 9.97 Å². The average Bonchev–Trinajstić information content (AvgIpc) is 2.73. The lowest BCUT2D eigenvalue weighted by atomic mass is 10.00. The van der Waals surface area contributed by atoms with Gasteiger partial charge in [-0.25, -0.2) is 14.8 Å². The Labute approximate surface area is 165 Å². The average molecular weight is 400 g/mol. The van der Waals surface area contributed by atoms with E-state index >= 15 is 0 Å². The highest BCUT2D eigenvalue weighted by Crippen LogP contribution is 2.30. The van der Waals surface area contributed by atoms with E-state index in [1.54, 1.807) is 43.3 Å². The second kappa shape index (κ2) is 7.53. The standard InChI is InChI=1S/C20H20N2O7/c1-9-16(23)17(24)18(25)20(28-9)29-13-8-4-7-12-15(13)22-11-6-3-5-10(14(11)21-12)19(26)27-2/h3-9,16-18,20,23-25H,1-2H3/t9-,16-,17+,18+,20-/m1/s1. The van der Waals surface area contributed by atoms with Crippen LogP contribution in [0.1, 0.15) is 17.3 Å². The van der Waals surface area contributed by atoms with Crippen LogP contribution in [0.2, 0.25) is 0 Å². The van der Waals surface area contributed by atoms with Crippen molar-refractivity contribution >= 4 is 28.0 Å². The summed E-state index contributed by atoms with van der Waals surface area (Å²) >= 11 is 0. The van der Waals surface area contributed by atoms with E-state index in [-0.39, 0.29) is 5.75 Å². The molecule has 0 spiro atoms. The molecule has 3 aromatic rings. The van der Waals surface area contributed by atoms with E-state index in [9.17, 15) is 20.1 Å². The smallest absolute Gasteiger partial charge is 0.340 e. The van der Waals surface area contributed by atoms with Gasteiger partial charge in [-0.3, -0.25) is 0 Å². The summed E-state index contributed by atoms with van der Waals surface area (Å²) in [6.07, 6.45) is -6.02. The second-order valence-electron chi connectivity index (χ2n) is 6.81. The van der Waals surface area contributed by atoms with E-state index in [4.69, 9.17) is 14.2 Å². The van der Waals surface area contributed by atoms with E-state index in [2.05, 4.69) is 9.97 Å². The molecule has 1 aromatic heterocycles. The zero-order valence-electron chi connectivity index (χ0n) is 15.7. The Morgan fingerprint density at radius 3 is 2.34 bits per heavy atom. The molecule has 1 saturated heterocycles. The van der Waals surface area contributed by atoms with Crippen LogP contribution in [0.4, 0.5) is 0 Å².